The first-order valence-electron chi connectivity index (χ1n) is 8.93. The van der Waals surface area contributed by atoms with Crippen LogP contribution < -0.4 is 20.1 Å². The molecule has 0 bridgehead atoms. The van der Waals surface area contributed by atoms with E-state index in [0.717, 1.165) is 5.56 Å². The predicted molar refractivity (Wildman–Crippen MR) is 109 cm³/mol. The van der Waals surface area contributed by atoms with Gasteiger partial charge in [-0.15, -0.1) is 6.58 Å². The van der Waals surface area contributed by atoms with E-state index in [1.54, 1.807) is 30.3 Å². The van der Waals surface area contributed by atoms with Crippen LogP contribution in [0.2, 0.25) is 0 Å². The molecule has 1 fully saturated rings. The lowest BCUT2D eigenvalue weighted by Crippen LogP contribution is -2.22. The Hall–Kier alpha value is -4.14. The minimum Gasteiger partial charge on any atom is -0.493 e. The molecule has 0 radical (unpaired) electrons. The van der Waals surface area contributed by atoms with Crippen molar-refractivity contribution in [2.24, 2.45) is 0 Å². The third-order valence-electron chi connectivity index (χ3n) is 4.27. The van der Waals surface area contributed by atoms with E-state index in [0.29, 0.717) is 29.0 Å². The second-order valence-electron chi connectivity index (χ2n) is 6.39. The van der Waals surface area contributed by atoms with Crippen LogP contribution in [0.25, 0.3) is 6.08 Å². The molecule has 2 aromatic carbocycles. The van der Waals surface area contributed by atoms with Crippen molar-refractivity contribution in [2.75, 3.05) is 7.11 Å². The summed E-state index contributed by atoms with van der Waals surface area (Å²) < 4.78 is 11.4. The highest BCUT2D eigenvalue weighted by Crippen LogP contribution is 2.35. The largest absolute Gasteiger partial charge is 0.493 e. The summed E-state index contributed by atoms with van der Waals surface area (Å²) in [5.74, 6) is 0.359. The Balaban J connectivity index is 1.92. The summed E-state index contributed by atoms with van der Waals surface area (Å²) in [6, 6.07) is 9.05. The zero-order valence-electron chi connectivity index (χ0n) is 16.1. The minimum atomic E-state index is -0.582. The molecule has 9 nitrogen and oxygen atoms in total. The van der Waals surface area contributed by atoms with Gasteiger partial charge in [0.1, 0.15) is 12.3 Å². The normalized spacial score (nSPS) is 14.2. The summed E-state index contributed by atoms with van der Waals surface area (Å²) in [5, 5.41) is 15.5. The summed E-state index contributed by atoms with van der Waals surface area (Å²) >= 11 is 0. The van der Waals surface area contributed by atoms with Crippen molar-refractivity contribution in [3.63, 3.8) is 0 Å². The summed E-state index contributed by atoms with van der Waals surface area (Å²) in [6.07, 6.45) is 3.67. The predicted octanol–water partition coefficient (Wildman–Crippen LogP) is 3.09. The average molecular weight is 409 g/mol. The number of urea groups is 1. The topological polar surface area (TPSA) is 120 Å². The number of benzene rings is 2. The highest BCUT2D eigenvalue weighted by atomic mass is 16.6. The van der Waals surface area contributed by atoms with E-state index in [1.165, 1.54) is 25.3 Å². The number of amides is 3. The Morgan fingerprint density at radius 2 is 2.00 bits per heavy atom. The van der Waals surface area contributed by atoms with Gasteiger partial charge >= 0.3 is 6.03 Å². The molecule has 0 aromatic heterocycles. The summed E-state index contributed by atoms with van der Waals surface area (Å²) in [5.41, 5.74) is 2.10. The van der Waals surface area contributed by atoms with Gasteiger partial charge in [0.15, 0.2) is 11.5 Å². The van der Waals surface area contributed by atoms with Crippen LogP contribution in [0.4, 0.5) is 10.5 Å². The zero-order chi connectivity index (χ0) is 21.7. The lowest BCUT2D eigenvalue weighted by atomic mass is 10.0. The molecule has 9 heteroatoms. The van der Waals surface area contributed by atoms with Crippen molar-refractivity contribution < 1.29 is 24.0 Å². The molecule has 2 N–H and O–H groups in total. The van der Waals surface area contributed by atoms with Crippen molar-refractivity contribution in [2.45, 2.75) is 13.0 Å². The fraction of sp³-hybridized carbons (Fsp3) is 0.143. The van der Waals surface area contributed by atoms with E-state index < -0.39 is 16.9 Å². The smallest absolute Gasteiger partial charge is 0.326 e. The number of imide groups is 1. The van der Waals surface area contributed by atoms with Crippen molar-refractivity contribution >= 4 is 23.7 Å². The van der Waals surface area contributed by atoms with Crippen LogP contribution >= 0.6 is 0 Å². The van der Waals surface area contributed by atoms with Crippen molar-refractivity contribution in [1.82, 2.24) is 10.6 Å². The quantitative estimate of drug-likeness (QED) is 0.227. The molecule has 1 heterocycles. The highest BCUT2D eigenvalue weighted by molar-refractivity contribution is 6.14. The Kier molecular flexibility index (Phi) is 6.11. The number of carbonyl (C=O) groups is 2. The van der Waals surface area contributed by atoms with Gasteiger partial charge in [0.2, 0.25) is 0 Å². The number of nitrogens with one attached hydrogen (secondary N) is 2. The van der Waals surface area contributed by atoms with Crippen LogP contribution in [0.15, 0.2) is 54.8 Å². The van der Waals surface area contributed by atoms with Crippen LogP contribution in [0.3, 0.4) is 0 Å². The summed E-state index contributed by atoms with van der Waals surface area (Å²) in [7, 11) is 1.48. The van der Waals surface area contributed by atoms with Gasteiger partial charge in [-0.25, -0.2) is 4.79 Å². The van der Waals surface area contributed by atoms with Crippen LogP contribution in [0.5, 0.6) is 11.5 Å². The first kappa shape index (κ1) is 20.6. The maximum Gasteiger partial charge on any atom is 0.326 e. The second kappa shape index (κ2) is 8.91. The van der Waals surface area contributed by atoms with Crippen molar-refractivity contribution in [3.05, 3.63) is 81.6 Å². The van der Waals surface area contributed by atoms with Gasteiger partial charge in [0, 0.05) is 17.7 Å². The third kappa shape index (κ3) is 4.64. The van der Waals surface area contributed by atoms with E-state index in [-0.39, 0.29) is 18.0 Å². The van der Waals surface area contributed by atoms with Gasteiger partial charge in [-0.3, -0.25) is 20.2 Å². The van der Waals surface area contributed by atoms with E-state index in [1.807, 2.05) is 0 Å². The van der Waals surface area contributed by atoms with Gasteiger partial charge in [-0.05, 0) is 35.8 Å². The van der Waals surface area contributed by atoms with Crippen LogP contribution in [-0.4, -0.2) is 24.0 Å². The van der Waals surface area contributed by atoms with Crippen LogP contribution in [-0.2, 0) is 17.8 Å². The van der Waals surface area contributed by atoms with E-state index in [9.17, 15) is 19.7 Å². The number of non-ortho nitro benzene ring substituents is 1. The number of allylic oxidation sites excluding steroid dienone is 1. The molecule has 2 aromatic rings. The molecular formula is C21H19N3O6. The molecule has 0 spiro atoms. The van der Waals surface area contributed by atoms with Gasteiger partial charge in [-0.1, -0.05) is 18.2 Å². The second-order valence-corrected chi connectivity index (χ2v) is 6.39. The number of methoxy groups -OCH3 is 1. The van der Waals surface area contributed by atoms with Crippen LogP contribution in [0.1, 0.15) is 16.7 Å². The highest BCUT2D eigenvalue weighted by Gasteiger charge is 2.23. The van der Waals surface area contributed by atoms with E-state index in [4.69, 9.17) is 9.47 Å². The first-order chi connectivity index (χ1) is 14.4. The molecule has 30 heavy (non-hydrogen) atoms. The fourth-order valence-electron chi connectivity index (χ4n) is 2.95. The number of nitro groups is 1. The molecular weight excluding hydrogens is 390 g/mol. The molecule has 3 amide bonds. The molecule has 0 atom stereocenters. The van der Waals surface area contributed by atoms with Crippen molar-refractivity contribution in [3.8, 4) is 11.5 Å². The Morgan fingerprint density at radius 3 is 2.63 bits per heavy atom. The molecule has 0 unspecified atom stereocenters. The Labute approximate surface area is 172 Å². The molecule has 1 saturated heterocycles. The van der Waals surface area contributed by atoms with Gasteiger partial charge in [0.25, 0.3) is 11.6 Å². The van der Waals surface area contributed by atoms with E-state index >= 15 is 0 Å². The molecule has 1 aliphatic rings. The molecule has 1 aliphatic heterocycles. The number of hydrogen-bond donors (Lipinski definition) is 2. The number of ether oxygens (including phenoxy) is 2. The summed E-state index contributed by atoms with van der Waals surface area (Å²) in [4.78, 5) is 33.6. The summed E-state index contributed by atoms with van der Waals surface area (Å²) in [6.45, 7) is 3.85. The number of hydrogen-bond acceptors (Lipinski definition) is 6. The number of nitro benzene ring substituents is 1. The maximum atomic E-state index is 11.8. The zero-order valence-corrected chi connectivity index (χ0v) is 16.1. The standard InChI is InChI=1S/C21H19N3O6/c1-3-5-15-8-14(10-17-20(25)23-21(26)22-17)11-18(29-2)19(15)30-12-13-6-4-7-16(9-13)24(27)28/h3-4,6-11H,1,5,12H2,2H3,(H2,22,23,25,26)/b17-10+. The van der Waals surface area contributed by atoms with Gasteiger partial charge in [-0.2, -0.15) is 0 Å². The van der Waals surface area contributed by atoms with Gasteiger partial charge < -0.3 is 14.8 Å². The first-order valence-corrected chi connectivity index (χ1v) is 8.93. The van der Waals surface area contributed by atoms with Crippen molar-refractivity contribution in [1.29, 1.82) is 0 Å². The van der Waals surface area contributed by atoms with Gasteiger partial charge in [0.05, 0.1) is 12.0 Å². The maximum absolute atomic E-state index is 11.8. The molecule has 154 valence electrons. The van der Waals surface area contributed by atoms with E-state index in [2.05, 4.69) is 17.2 Å². The molecule has 0 aliphatic carbocycles. The fourth-order valence-corrected chi connectivity index (χ4v) is 2.95. The minimum absolute atomic E-state index is 0.0201. The lowest BCUT2D eigenvalue weighted by molar-refractivity contribution is -0.384. The average Bonchev–Trinajstić information content (AvgIpc) is 3.03. The third-order valence-corrected chi connectivity index (χ3v) is 4.27. The Bertz CT molecular complexity index is 1060. The number of carbonyl (C=O) groups excluding carboxylic acids is 2. The molecule has 0 saturated carbocycles. The lowest BCUT2D eigenvalue weighted by Gasteiger charge is -2.16. The molecule has 3 rings (SSSR count). The number of rotatable bonds is 8. The van der Waals surface area contributed by atoms with Crippen LogP contribution in [0, 0.1) is 10.1 Å². The number of nitrogens with zero attached hydrogens (tertiary/aromatic N) is 1. The SMILES string of the molecule is C=CCc1cc(/C=C2/NC(=O)NC2=O)cc(OC)c1OCc1cccc([N+](=O)[O-])c1. The Morgan fingerprint density at radius 1 is 1.20 bits per heavy atom. The monoisotopic (exact) mass is 409 g/mol.